The van der Waals surface area contributed by atoms with Crippen molar-refractivity contribution in [3.63, 3.8) is 0 Å². The number of fused-ring (bicyclic) bond motifs is 1. The largest absolute Gasteiger partial charge is 0.322 e. The third-order valence-corrected chi connectivity index (χ3v) is 4.60. The van der Waals surface area contributed by atoms with Gasteiger partial charge in [0.15, 0.2) is 0 Å². The number of hydrogen-bond donors (Lipinski definition) is 1. The zero-order chi connectivity index (χ0) is 19.1. The van der Waals surface area contributed by atoms with Crippen molar-refractivity contribution in [2.24, 2.45) is 0 Å². The van der Waals surface area contributed by atoms with Gasteiger partial charge < -0.3 is 5.32 Å². The predicted octanol–water partition coefficient (Wildman–Crippen LogP) is 2.66. The van der Waals surface area contributed by atoms with Crippen LogP contribution in [0.25, 0.3) is 5.69 Å². The van der Waals surface area contributed by atoms with Crippen molar-refractivity contribution < 1.29 is 14.4 Å². The number of para-hydroxylation sites is 1. The second-order valence-corrected chi connectivity index (χ2v) is 6.27. The van der Waals surface area contributed by atoms with Crippen LogP contribution in [0.3, 0.4) is 0 Å². The van der Waals surface area contributed by atoms with Gasteiger partial charge in [0.25, 0.3) is 17.7 Å². The van der Waals surface area contributed by atoms with Gasteiger partial charge >= 0.3 is 0 Å². The predicted molar refractivity (Wildman–Crippen MR) is 99.1 cm³/mol. The van der Waals surface area contributed by atoms with E-state index < -0.39 is 0 Å². The van der Waals surface area contributed by atoms with E-state index in [1.54, 1.807) is 16.8 Å². The van der Waals surface area contributed by atoms with E-state index in [1.807, 2.05) is 37.3 Å². The molecule has 2 heterocycles. The average Bonchev–Trinajstić information content (AvgIpc) is 3.16. The standard InChI is InChI=1S/C20H16N4O3/c1-12-17(11-21-24(12)14-6-4-3-5-7-14)18(25)22-13-8-9-15-16(10-13)20(27)23(2)19(15)26/h3-11H,1-2H3,(H,22,25). The van der Waals surface area contributed by atoms with Crippen LogP contribution < -0.4 is 5.32 Å². The molecule has 0 saturated carbocycles. The minimum absolute atomic E-state index is 0.289. The molecule has 0 unspecified atom stereocenters. The number of aromatic nitrogens is 2. The molecule has 3 aromatic rings. The van der Waals surface area contributed by atoms with Crippen LogP contribution in [0, 0.1) is 6.92 Å². The molecule has 0 saturated heterocycles. The van der Waals surface area contributed by atoms with Crippen molar-refractivity contribution in [3.05, 3.63) is 77.1 Å². The molecule has 1 N–H and O–H groups in total. The highest BCUT2D eigenvalue weighted by Crippen LogP contribution is 2.25. The number of carbonyl (C=O) groups is 3. The van der Waals surface area contributed by atoms with E-state index in [0.29, 0.717) is 22.5 Å². The molecule has 1 aliphatic heterocycles. The fourth-order valence-corrected chi connectivity index (χ4v) is 3.10. The Bertz CT molecular complexity index is 1090. The molecule has 0 radical (unpaired) electrons. The van der Waals surface area contributed by atoms with E-state index in [1.165, 1.54) is 19.3 Å². The average molecular weight is 360 g/mol. The van der Waals surface area contributed by atoms with Crippen LogP contribution in [0.15, 0.2) is 54.7 Å². The maximum atomic E-state index is 12.7. The van der Waals surface area contributed by atoms with Gasteiger partial charge in [-0.15, -0.1) is 0 Å². The second-order valence-electron chi connectivity index (χ2n) is 6.27. The molecule has 0 fully saturated rings. The molecular formula is C20H16N4O3. The summed E-state index contributed by atoms with van der Waals surface area (Å²) in [5, 5.41) is 7.06. The van der Waals surface area contributed by atoms with Crippen LogP contribution in [0.4, 0.5) is 5.69 Å². The summed E-state index contributed by atoms with van der Waals surface area (Å²) in [6.07, 6.45) is 1.51. The van der Waals surface area contributed by atoms with Crippen molar-refractivity contribution in [1.29, 1.82) is 0 Å². The van der Waals surface area contributed by atoms with E-state index in [0.717, 1.165) is 10.6 Å². The van der Waals surface area contributed by atoms with Gasteiger partial charge in [-0.1, -0.05) is 18.2 Å². The summed E-state index contributed by atoms with van der Waals surface area (Å²) in [7, 11) is 1.43. The van der Waals surface area contributed by atoms with Crippen molar-refractivity contribution in [2.45, 2.75) is 6.92 Å². The Morgan fingerprint density at radius 1 is 1.00 bits per heavy atom. The number of amides is 3. The van der Waals surface area contributed by atoms with Crippen LogP contribution in [0.2, 0.25) is 0 Å². The van der Waals surface area contributed by atoms with Crippen LogP contribution in [-0.4, -0.2) is 39.4 Å². The molecular weight excluding hydrogens is 344 g/mol. The molecule has 27 heavy (non-hydrogen) atoms. The van der Waals surface area contributed by atoms with Crippen molar-refractivity contribution >= 4 is 23.4 Å². The van der Waals surface area contributed by atoms with Gasteiger partial charge in [0.05, 0.1) is 34.3 Å². The van der Waals surface area contributed by atoms with Crippen LogP contribution in [-0.2, 0) is 0 Å². The molecule has 3 amide bonds. The summed E-state index contributed by atoms with van der Waals surface area (Å²) in [6.45, 7) is 1.81. The smallest absolute Gasteiger partial charge is 0.261 e. The lowest BCUT2D eigenvalue weighted by atomic mass is 10.1. The van der Waals surface area contributed by atoms with Gasteiger partial charge in [0, 0.05) is 12.7 Å². The van der Waals surface area contributed by atoms with Crippen molar-refractivity contribution in [2.75, 3.05) is 12.4 Å². The third kappa shape index (κ3) is 2.69. The molecule has 0 spiro atoms. The first kappa shape index (κ1) is 16.7. The summed E-state index contributed by atoms with van der Waals surface area (Å²) >= 11 is 0. The molecule has 0 atom stereocenters. The minimum Gasteiger partial charge on any atom is -0.322 e. The van der Waals surface area contributed by atoms with Crippen LogP contribution in [0.1, 0.15) is 36.8 Å². The second kappa shape index (κ2) is 6.21. The molecule has 0 aliphatic carbocycles. The molecule has 2 aromatic carbocycles. The SMILES string of the molecule is Cc1c(C(=O)Nc2ccc3c(c2)C(=O)N(C)C3=O)cnn1-c1ccccc1. The Balaban J connectivity index is 1.60. The summed E-state index contributed by atoms with van der Waals surface area (Å²) in [4.78, 5) is 37.8. The third-order valence-electron chi connectivity index (χ3n) is 4.60. The Morgan fingerprint density at radius 2 is 1.70 bits per heavy atom. The quantitative estimate of drug-likeness (QED) is 0.728. The highest BCUT2D eigenvalue weighted by molar-refractivity contribution is 6.21. The highest BCUT2D eigenvalue weighted by Gasteiger charge is 2.32. The maximum Gasteiger partial charge on any atom is 0.261 e. The molecule has 7 heteroatoms. The fourth-order valence-electron chi connectivity index (χ4n) is 3.10. The van der Waals surface area contributed by atoms with E-state index in [-0.39, 0.29) is 23.3 Å². The molecule has 7 nitrogen and oxygen atoms in total. The fraction of sp³-hybridized carbons (Fsp3) is 0.100. The number of benzene rings is 2. The first-order valence-electron chi connectivity index (χ1n) is 8.35. The Morgan fingerprint density at radius 3 is 2.44 bits per heavy atom. The molecule has 1 aromatic heterocycles. The van der Waals surface area contributed by atoms with Crippen LogP contribution >= 0.6 is 0 Å². The Labute approximate surface area is 155 Å². The summed E-state index contributed by atoms with van der Waals surface area (Å²) in [5.41, 5.74) is 3.07. The Hall–Kier alpha value is -3.74. The number of nitrogens with one attached hydrogen (secondary N) is 1. The van der Waals surface area contributed by atoms with E-state index in [9.17, 15) is 14.4 Å². The lowest BCUT2D eigenvalue weighted by molar-refractivity contribution is 0.0692. The first-order valence-corrected chi connectivity index (χ1v) is 8.35. The number of anilines is 1. The number of hydrogen-bond acceptors (Lipinski definition) is 4. The number of rotatable bonds is 3. The zero-order valence-corrected chi connectivity index (χ0v) is 14.8. The molecule has 1 aliphatic rings. The number of imide groups is 1. The van der Waals surface area contributed by atoms with Gasteiger partial charge in [-0.3, -0.25) is 19.3 Å². The van der Waals surface area contributed by atoms with Gasteiger partial charge in [-0.2, -0.15) is 5.10 Å². The van der Waals surface area contributed by atoms with Crippen molar-refractivity contribution in [1.82, 2.24) is 14.7 Å². The van der Waals surface area contributed by atoms with E-state index >= 15 is 0 Å². The van der Waals surface area contributed by atoms with Gasteiger partial charge in [0.1, 0.15) is 0 Å². The molecule has 134 valence electrons. The maximum absolute atomic E-state index is 12.7. The normalized spacial score (nSPS) is 13.0. The monoisotopic (exact) mass is 360 g/mol. The van der Waals surface area contributed by atoms with E-state index in [4.69, 9.17) is 0 Å². The van der Waals surface area contributed by atoms with Crippen LogP contribution in [0.5, 0.6) is 0 Å². The topological polar surface area (TPSA) is 84.3 Å². The summed E-state index contributed by atoms with van der Waals surface area (Å²) in [5.74, 6) is -1.05. The Kier molecular flexibility index (Phi) is 3.84. The molecule has 4 rings (SSSR count). The number of nitrogens with zero attached hydrogens (tertiary/aromatic N) is 3. The van der Waals surface area contributed by atoms with Crippen molar-refractivity contribution in [3.8, 4) is 5.69 Å². The summed E-state index contributed by atoms with van der Waals surface area (Å²) < 4.78 is 1.69. The van der Waals surface area contributed by atoms with Gasteiger partial charge in [-0.25, -0.2) is 4.68 Å². The number of carbonyl (C=O) groups excluding carboxylic acids is 3. The zero-order valence-electron chi connectivity index (χ0n) is 14.8. The lowest BCUT2D eigenvalue weighted by Crippen LogP contribution is -2.24. The molecule has 0 bridgehead atoms. The lowest BCUT2D eigenvalue weighted by Gasteiger charge is -2.07. The highest BCUT2D eigenvalue weighted by atomic mass is 16.2. The first-order chi connectivity index (χ1) is 13.0. The summed E-state index contributed by atoms with van der Waals surface area (Å²) in [6, 6.07) is 14.2. The van der Waals surface area contributed by atoms with E-state index in [2.05, 4.69) is 10.4 Å². The van der Waals surface area contributed by atoms with Gasteiger partial charge in [0.2, 0.25) is 0 Å². The van der Waals surface area contributed by atoms with Gasteiger partial charge in [-0.05, 0) is 37.3 Å². The minimum atomic E-state index is -0.376.